The minimum absolute atomic E-state index is 0.0559. The van der Waals surface area contributed by atoms with E-state index in [4.69, 9.17) is 16.3 Å². The van der Waals surface area contributed by atoms with E-state index in [1.54, 1.807) is 0 Å². The van der Waals surface area contributed by atoms with E-state index >= 15 is 0 Å². The zero-order valence-electron chi connectivity index (χ0n) is 11.3. The Kier molecular flexibility index (Phi) is 3.96. The van der Waals surface area contributed by atoms with Crippen molar-refractivity contribution in [2.45, 2.75) is 18.4 Å². The molecule has 0 bridgehead atoms. The molecule has 0 spiro atoms. The van der Waals surface area contributed by atoms with Gasteiger partial charge in [0.15, 0.2) is 0 Å². The van der Waals surface area contributed by atoms with Crippen LogP contribution in [0.25, 0.3) is 0 Å². The molecule has 1 aromatic rings. The molecular weight excluding hydrogens is 276 g/mol. The third-order valence-corrected chi connectivity index (χ3v) is 4.34. The predicted octanol–water partition coefficient (Wildman–Crippen LogP) is 1.68. The molecule has 0 aromatic heterocycles. The largest absolute Gasteiger partial charge is 0.376 e. The molecule has 5 heteroatoms. The lowest BCUT2D eigenvalue weighted by molar-refractivity contribution is -0.138. The van der Waals surface area contributed by atoms with Crippen LogP contribution in [-0.2, 0) is 15.1 Å². The van der Waals surface area contributed by atoms with Gasteiger partial charge in [-0.3, -0.25) is 4.79 Å². The number of piperidine rings is 1. The highest BCUT2D eigenvalue weighted by atomic mass is 35.5. The molecule has 2 fully saturated rings. The average Bonchev–Trinajstić information content (AvgIpc) is 2.43. The molecular formula is C15H19ClN2O2. The molecule has 3 rings (SSSR count). The molecule has 2 aliphatic heterocycles. The van der Waals surface area contributed by atoms with Gasteiger partial charge in [0.1, 0.15) is 5.54 Å². The van der Waals surface area contributed by atoms with Crippen LogP contribution in [0.1, 0.15) is 18.4 Å². The first-order chi connectivity index (χ1) is 9.70. The van der Waals surface area contributed by atoms with Gasteiger partial charge in [0, 0.05) is 11.6 Å². The molecule has 20 heavy (non-hydrogen) atoms. The number of carbonyl (C=O) groups excluding carboxylic acids is 1. The van der Waals surface area contributed by atoms with Crippen molar-refractivity contribution in [3.05, 3.63) is 34.9 Å². The second kappa shape index (κ2) is 5.72. The van der Waals surface area contributed by atoms with Crippen LogP contribution in [0, 0.1) is 5.92 Å². The van der Waals surface area contributed by atoms with E-state index in [1.807, 2.05) is 24.3 Å². The van der Waals surface area contributed by atoms with Crippen LogP contribution in [0.15, 0.2) is 24.3 Å². The van der Waals surface area contributed by atoms with E-state index in [-0.39, 0.29) is 11.8 Å². The Balaban J connectivity index is 1.74. The number of carbonyl (C=O) groups is 1. The molecule has 2 N–H and O–H groups in total. The average molecular weight is 295 g/mol. The lowest BCUT2D eigenvalue weighted by Gasteiger charge is -2.43. The smallest absolute Gasteiger partial charge is 0.225 e. The maximum atomic E-state index is 12.4. The highest BCUT2D eigenvalue weighted by Gasteiger charge is 2.43. The number of benzene rings is 1. The Labute approximate surface area is 123 Å². The molecule has 1 unspecified atom stereocenters. The van der Waals surface area contributed by atoms with Gasteiger partial charge in [0.25, 0.3) is 0 Å². The van der Waals surface area contributed by atoms with Gasteiger partial charge in [-0.1, -0.05) is 23.7 Å². The van der Waals surface area contributed by atoms with Gasteiger partial charge in [-0.15, -0.1) is 0 Å². The van der Waals surface area contributed by atoms with Gasteiger partial charge in [0.2, 0.25) is 5.91 Å². The Morgan fingerprint density at radius 3 is 2.90 bits per heavy atom. The number of halogens is 1. The van der Waals surface area contributed by atoms with Crippen molar-refractivity contribution in [3.63, 3.8) is 0 Å². The minimum Gasteiger partial charge on any atom is -0.376 e. The first-order valence-electron chi connectivity index (χ1n) is 7.06. The van der Waals surface area contributed by atoms with Crippen LogP contribution in [-0.4, -0.2) is 32.2 Å². The van der Waals surface area contributed by atoms with E-state index in [2.05, 4.69) is 10.6 Å². The Hall–Kier alpha value is -1.10. The van der Waals surface area contributed by atoms with Gasteiger partial charge in [-0.25, -0.2) is 0 Å². The van der Waals surface area contributed by atoms with Crippen molar-refractivity contribution in [1.82, 2.24) is 10.6 Å². The molecule has 1 amide bonds. The zero-order valence-corrected chi connectivity index (χ0v) is 12.1. The molecule has 0 saturated carbocycles. The normalized spacial score (nSPS) is 24.8. The second-order valence-electron chi connectivity index (χ2n) is 5.62. The second-order valence-corrected chi connectivity index (χ2v) is 6.05. The van der Waals surface area contributed by atoms with E-state index in [0.29, 0.717) is 18.2 Å². The number of rotatable bonds is 3. The van der Waals surface area contributed by atoms with Gasteiger partial charge >= 0.3 is 0 Å². The third-order valence-electron chi connectivity index (χ3n) is 4.10. The van der Waals surface area contributed by atoms with Crippen LogP contribution in [0.2, 0.25) is 5.02 Å². The van der Waals surface area contributed by atoms with E-state index in [1.165, 1.54) is 0 Å². The summed E-state index contributed by atoms with van der Waals surface area (Å²) in [6.45, 7) is 2.79. The molecule has 0 aliphatic carbocycles. The number of hydrogen-bond acceptors (Lipinski definition) is 3. The Morgan fingerprint density at radius 1 is 1.45 bits per heavy atom. The van der Waals surface area contributed by atoms with Crippen LogP contribution < -0.4 is 10.6 Å². The molecule has 1 atom stereocenters. The minimum atomic E-state index is -0.403. The fourth-order valence-corrected chi connectivity index (χ4v) is 3.01. The van der Waals surface area contributed by atoms with Gasteiger partial charge in [-0.05, 0) is 37.1 Å². The molecule has 4 nitrogen and oxygen atoms in total. The Morgan fingerprint density at radius 2 is 2.30 bits per heavy atom. The van der Waals surface area contributed by atoms with Gasteiger partial charge in [0.05, 0.1) is 19.1 Å². The number of nitrogens with one attached hydrogen (secondary N) is 2. The summed E-state index contributed by atoms with van der Waals surface area (Å²) >= 11 is 6.05. The molecule has 1 aromatic carbocycles. The first-order valence-corrected chi connectivity index (χ1v) is 7.44. The van der Waals surface area contributed by atoms with E-state index in [0.717, 1.165) is 31.5 Å². The number of ether oxygens (including phenoxy) is 1. The van der Waals surface area contributed by atoms with Gasteiger partial charge in [-0.2, -0.15) is 0 Å². The van der Waals surface area contributed by atoms with E-state index in [9.17, 15) is 4.79 Å². The SMILES string of the molecule is O=C(NC1(c2cccc(Cl)c2)COC1)C1CCCNC1. The summed E-state index contributed by atoms with van der Waals surface area (Å²) < 4.78 is 5.35. The fraction of sp³-hybridized carbons (Fsp3) is 0.533. The lowest BCUT2D eigenvalue weighted by Crippen LogP contribution is -2.61. The standard InChI is InChI=1S/C15H19ClN2O2/c16-13-5-1-4-12(7-13)15(9-20-10-15)18-14(19)11-3-2-6-17-8-11/h1,4-5,7,11,17H,2-3,6,8-10H2,(H,18,19). The predicted molar refractivity (Wildman–Crippen MR) is 77.7 cm³/mol. The highest BCUT2D eigenvalue weighted by molar-refractivity contribution is 6.30. The summed E-state index contributed by atoms with van der Waals surface area (Å²) in [7, 11) is 0. The molecule has 2 aliphatic rings. The third kappa shape index (κ3) is 2.68. The molecule has 2 heterocycles. The van der Waals surface area contributed by atoms with Crippen molar-refractivity contribution < 1.29 is 9.53 Å². The summed E-state index contributed by atoms with van der Waals surface area (Å²) in [5, 5.41) is 7.14. The molecule has 0 radical (unpaired) electrons. The number of amides is 1. The van der Waals surface area contributed by atoms with Crippen molar-refractivity contribution in [3.8, 4) is 0 Å². The lowest BCUT2D eigenvalue weighted by atomic mass is 9.86. The maximum absolute atomic E-state index is 12.4. The van der Waals surface area contributed by atoms with Crippen molar-refractivity contribution in [2.75, 3.05) is 26.3 Å². The molecule has 108 valence electrons. The summed E-state index contributed by atoms with van der Waals surface area (Å²) in [4.78, 5) is 12.4. The van der Waals surface area contributed by atoms with Crippen molar-refractivity contribution in [2.24, 2.45) is 5.92 Å². The maximum Gasteiger partial charge on any atom is 0.225 e. The highest BCUT2D eigenvalue weighted by Crippen LogP contribution is 2.31. The van der Waals surface area contributed by atoms with Crippen LogP contribution in [0.3, 0.4) is 0 Å². The summed E-state index contributed by atoms with van der Waals surface area (Å²) in [6.07, 6.45) is 2.00. The van der Waals surface area contributed by atoms with Crippen molar-refractivity contribution in [1.29, 1.82) is 0 Å². The first kappa shape index (κ1) is 13.9. The Bertz CT molecular complexity index is 496. The van der Waals surface area contributed by atoms with Crippen LogP contribution in [0.5, 0.6) is 0 Å². The fourth-order valence-electron chi connectivity index (χ4n) is 2.82. The quantitative estimate of drug-likeness (QED) is 0.892. The zero-order chi connectivity index (χ0) is 14.0. The number of hydrogen-bond donors (Lipinski definition) is 2. The summed E-state index contributed by atoms with van der Waals surface area (Å²) in [5.41, 5.74) is 0.618. The summed E-state index contributed by atoms with van der Waals surface area (Å²) in [6, 6.07) is 7.65. The monoisotopic (exact) mass is 294 g/mol. The molecule has 2 saturated heterocycles. The van der Waals surface area contributed by atoms with Gasteiger partial charge < -0.3 is 15.4 Å². The van der Waals surface area contributed by atoms with Crippen LogP contribution in [0.4, 0.5) is 0 Å². The van der Waals surface area contributed by atoms with E-state index < -0.39 is 5.54 Å². The van der Waals surface area contributed by atoms with Crippen molar-refractivity contribution >= 4 is 17.5 Å². The summed E-state index contributed by atoms with van der Waals surface area (Å²) in [5.74, 6) is 0.167. The topological polar surface area (TPSA) is 50.4 Å². The van der Waals surface area contributed by atoms with Crippen LogP contribution >= 0.6 is 11.6 Å².